The van der Waals surface area contributed by atoms with Gasteiger partial charge in [-0.1, -0.05) is 44.5 Å². The van der Waals surface area contributed by atoms with E-state index < -0.39 is 5.79 Å². The first-order valence-corrected chi connectivity index (χ1v) is 12.0. The van der Waals surface area contributed by atoms with Gasteiger partial charge in [0.25, 0.3) is 0 Å². The fourth-order valence-corrected chi connectivity index (χ4v) is 4.12. The van der Waals surface area contributed by atoms with E-state index in [0.717, 1.165) is 53.8 Å². The van der Waals surface area contributed by atoms with Gasteiger partial charge < -0.3 is 9.47 Å². The van der Waals surface area contributed by atoms with Crippen LogP contribution >= 0.6 is 0 Å². The number of H-pyrrole nitrogens is 1. The molecule has 1 aromatic carbocycles. The van der Waals surface area contributed by atoms with E-state index in [1.807, 2.05) is 16.9 Å². The van der Waals surface area contributed by atoms with E-state index in [4.69, 9.17) is 19.6 Å². The molecule has 0 unspecified atom stereocenters. The summed E-state index contributed by atoms with van der Waals surface area (Å²) >= 11 is 0. The van der Waals surface area contributed by atoms with Crippen LogP contribution in [0.25, 0.3) is 22.5 Å². The first-order valence-electron chi connectivity index (χ1n) is 12.0. The Kier molecular flexibility index (Phi) is 7.94. The highest BCUT2D eigenvalue weighted by atomic mass is 16.7. The number of nitrogens with zero attached hydrogens (tertiary/aromatic N) is 7. The van der Waals surface area contributed by atoms with Crippen LogP contribution in [0.15, 0.2) is 42.7 Å². The van der Waals surface area contributed by atoms with Crippen LogP contribution in [0.2, 0.25) is 0 Å². The maximum Gasteiger partial charge on any atom is 0.231 e. The van der Waals surface area contributed by atoms with Crippen molar-refractivity contribution in [2.45, 2.75) is 58.3 Å². The lowest BCUT2D eigenvalue weighted by atomic mass is 10.0. The Hall–Kier alpha value is -3.50. The highest BCUT2D eigenvalue weighted by Crippen LogP contribution is 2.31. The van der Waals surface area contributed by atoms with Gasteiger partial charge in [0.15, 0.2) is 0 Å². The van der Waals surface area contributed by atoms with E-state index in [-0.39, 0.29) is 0 Å². The Labute approximate surface area is 205 Å². The number of rotatable bonds is 12. The third kappa shape index (κ3) is 5.28. The third-order valence-corrected chi connectivity index (χ3v) is 6.09. The fraction of sp³-hybridized carbons (Fsp3) is 0.440. The molecular formula is C25H32N8O2. The zero-order chi connectivity index (χ0) is 24.7. The zero-order valence-electron chi connectivity index (χ0n) is 20.7. The fourth-order valence-electron chi connectivity index (χ4n) is 4.12. The number of unbranched alkanes of at least 4 members (excludes halogenated alkanes) is 1. The number of aromatic nitrogens is 8. The third-order valence-electron chi connectivity index (χ3n) is 6.09. The SMILES string of the molecule is CCCCC(OC)(OC)c1nc(CCC)n(Cc2ccc(-c3cnccc3-c3nn[nH]n3)cc2)n1. The Balaban J connectivity index is 1.61. The lowest BCUT2D eigenvalue weighted by Gasteiger charge is -2.27. The molecule has 3 aromatic heterocycles. The van der Waals surface area contributed by atoms with Crippen molar-refractivity contribution in [2.75, 3.05) is 14.2 Å². The second kappa shape index (κ2) is 11.3. The number of benzene rings is 1. The molecule has 3 heterocycles. The largest absolute Gasteiger partial charge is 0.347 e. The summed E-state index contributed by atoms with van der Waals surface area (Å²) in [6.07, 6.45) is 8.03. The summed E-state index contributed by atoms with van der Waals surface area (Å²) < 4.78 is 13.5. The number of tetrazole rings is 1. The summed E-state index contributed by atoms with van der Waals surface area (Å²) in [5.74, 6) is 1.11. The molecule has 0 radical (unpaired) electrons. The molecule has 0 amide bonds. The van der Waals surface area contributed by atoms with Crippen molar-refractivity contribution in [3.05, 3.63) is 59.9 Å². The maximum atomic E-state index is 5.80. The number of hydrogen-bond donors (Lipinski definition) is 1. The van der Waals surface area contributed by atoms with E-state index >= 15 is 0 Å². The van der Waals surface area contributed by atoms with Gasteiger partial charge >= 0.3 is 0 Å². The molecule has 4 rings (SSSR count). The Morgan fingerprint density at radius 3 is 2.46 bits per heavy atom. The van der Waals surface area contributed by atoms with E-state index in [9.17, 15) is 0 Å². The molecule has 0 bridgehead atoms. The highest BCUT2D eigenvalue weighted by Gasteiger charge is 2.37. The van der Waals surface area contributed by atoms with Crippen molar-refractivity contribution >= 4 is 0 Å². The van der Waals surface area contributed by atoms with Gasteiger partial charge in [-0.05, 0) is 35.2 Å². The molecule has 35 heavy (non-hydrogen) atoms. The summed E-state index contributed by atoms with van der Waals surface area (Å²) in [6.45, 7) is 4.88. The standard InChI is InChI=1S/C25H32N8O2/c1-5-7-14-25(34-3,35-4)24-27-22(8-6-2)33(30-24)17-18-9-11-19(12-10-18)21-16-26-15-13-20(21)23-28-31-32-29-23/h9-13,15-16H,5-8,14,17H2,1-4H3,(H,28,29,31,32). The number of ether oxygens (including phenoxy) is 2. The molecule has 0 saturated heterocycles. The van der Waals surface area contributed by atoms with Crippen LogP contribution < -0.4 is 0 Å². The van der Waals surface area contributed by atoms with Crippen LogP contribution in [0.1, 0.15) is 56.7 Å². The molecule has 4 aromatic rings. The van der Waals surface area contributed by atoms with Crippen molar-refractivity contribution in [3.8, 4) is 22.5 Å². The summed E-state index contributed by atoms with van der Waals surface area (Å²) in [5, 5.41) is 19.2. The van der Waals surface area contributed by atoms with Crippen molar-refractivity contribution in [1.82, 2.24) is 40.4 Å². The van der Waals surface area contributed by atoms with E-state index in [1.165, 1.54) is 0 Å². The van der Waals surface area contributed by atoms with Crippen molar-refractivity contribution in [1.29, 1.82) is 0 Å². The molecule has 10 heteroatoms. The van der Waals surface area contributed by atoms with Gasteiger partial charge in [0, 0.05) is 50.6 Å². The first-order chi connectivity index (χ1) is 17.1. The monoisotopic (exact) mass is 476 g/mol. The highest BCUT2D eigenvalue weighted by molar-refractivity contribution is 5.79. The van der Waals surface area contributed by atoms with Crippen LogP contribution in [0.3, 0.4) is 0 Å². The summed E-state index contributed by atoms with van der Waals surface area (Å²) in [4.78, 5) is 9.12. The average Bonchev–Trinajstić information content (AvgIpc) is 3.57. The molecule has 10 nitrogen and oxygen atoms in total. The normalized spacial score (nSPS) is 11.8. The van der Waals surface area contributed by atoms with Crippen LogP contribution in [0, 0.1) is 0 Å². The van der Waals surface area contributed by atoms with Crippen molar-refractivity contribution in [3.63, 3.8) is 0 Å². The molecule has 0 atom stereocenters. The molecule has 0 aliphatic heterocycles. The molecular weight excluding hydrogens is 444 g/mol. The summed E-state index contributed by atoms with van der Waals surface area (Å²) in [6, 6.07) is 10.2. The van der Waals surface area contributed by atoms with Gasteiger partial charge in [-0.15, -0.1) is 15.3 Å². The minimum absolute atomic E-state index is 0.536. The van der Waals surface area contributed by atoms with Gasteiger partial charge in [0.2, 0.25) is 17.4 Å². The summed E-state index contributed by atoms with van der Waals surface area (Å²) in [7, 11) is 3.30. The Morgan fingerprint density at radius 1 is 1.00 bits per heavy atom. The minimum Gasteiger partial charge on any atom is -0.347 e. The van der Waals surface area contributed by atoms with Gasteiger partial charge in [0.05, 0.1) is 6.54 Å². The predicted octanol–water partition coefficient (Wildman–Crippen LogP) is 4.16. The van der Waals surface area contributed by atoms with E-state index in [2.05, 4.69) is 63.7 Å². The second-order valence-corrected chi connectivity index (χ2v) is 8.38. The van der Waals surface area contributed by atoms with Crippen molar-refractivity contribution in [2.24, 2.45) is 0 Å². The smallest absolute Gasteiger partial charge is 0.231 e. The number of aromatic amines is 1. The molecule has 0 spiro atoms. The van der Waals surface area contributed by atoms with E-state index in [1.54, 1.807) is 20.4 Å². The molecule has 0 fully saturated rings. The molecule has 0 aliphatic rings. The number of pyridine rings is 1. The molecule has 184 valence electrons. The van der Waals surface area contributed by atoms with Gasteiger partial charge in [0.1, 0.15) is 5.82 Å². The Morgan fingerprint density at radius 2 is 1.80 bits per heavy atom. The number of nitrogens with one attached hydrogen (secondary N) is 1. The minimum atomic E-state index is -0.931. The van der Waals surface area contributed by atoms with E-state index in [0.29, 0.717) is 24.6 Å². The average molecular weight is 477 g/mol. The van der Waals surface area contributed by atoms with Crippen LogP contribution in [-0.2, 0) is 28.2 Å². The number of hydrogen-bond acceptors (Lipinski definition) is 8. The van der Waals surface area contributed by atoms with Crippen LogP contribution in [0.4, 0.5) is 0 Å². The van der Waals surface area contributed by atoms with Gasteiger partial charge in [-0.2, -0.15) is 5.21 Å². The molecule has 0 saturated carbocycles. The lowest BCUT2D eigenvalue weighted by Crippen LogP contribution is -2.32. The number of methoxy groups -OCH3 is 2. The van der Waals surface area contributed by atoms with Crippen molar-refractivity contribution < 1.29 is 9.47 Å². The zero-order valence-corrected chi connectivity index (χ0v) is 20.7. The quantitative estimate of drug-likeness (QED) is 0.303. The topological polar surface area (TPSA) is 117 Å². The second-order valence-electron chi connectivity index (χ2n) is 8.38. The lowest BCUT2D eigenvalue weighted by molar-refractivity contribution is -0.226. The predicted molar refractivity (Wildman–Crippen MR) is 131 cm³/mol. The Bertz CT molecular complexity index is 1200. The molecule has 1 N–H and O–H groups in total. The van der Waals surface area contributed by atoms with Gasteiger partial charge in [-0.25, -0.2) is 9.67 Å². The van der Waals surface area contributed by atoms with Crippen LogP contribution in [0.5, 0.6) is 0 Å². The number of aryl methyl sites for hydroxylation is 1. The molecule has 0 aliphatic carbocycles. The first kappa shape index (κ1) is 24.6. The summed E-state index contributed by atoms with van der Waals surface area (Å²) in [5.41, 5.74) is 3.94. The van der Waals surface area contributed by atoms with Crippen LogP contribution in [-0.4, -0.2) is 54.6 Å². The maximum absolute atomic E-state index is 5.80. The van der Waals surface area contributed by atoms with Gasteiger partial charge in [-0.3, -0.25) is 4.98 Å².